The fourth-order valence-corrected chi connectivity index (χ4v) is 1.91. The Morgan fingerprint density at radius 1 is 1.32 bits per heavy atom. The smallest absolute Gasteiger partial charge is 0.251 e. The van der Waals surface area contributed by atoms with Crippen molar-refractivity contribution in [2.75, 3.05) is 7.11 Å². The van der Waals surface area contributed by atoms with Crippen LogP contribution in [0.1, 0.15) is 25.6 Å². The Kier molecular flexibility index (Phi) is 3.90. The number of hydrogen-bond donors (Lipinski definition) is 1. The van der Waals surface area contributed by atoms with Gasteiger partial charge in [0.25, 0.3) is 5.56 Å². The minimum absolute atomic E-state index is 0.154. The van der Waals surface area contributed by atoms with Gasteiger partial charge in [0.2, 0.25) is 0 Å². The van der Waals surface area contributed by atoms with Crippen LogP contribution in [-0.4, -0.2) is 17.1 Å². The van der Waals surface area contributed by atoms with E-state index >= 15 is 0 Å². The largest absolute Gasteiger partial charge is 0.495 e. The summed E-state index contributed by atoms with van der Waals surface area (Å²) in [6.07, 6.45) is 0. The highest BCUT2D eigenvalue weighted by molar-refractivity contribution is 6.32. The monoisotopic (exact) mass is 278 g/mol. The maximum absolute atomic E-state index is 11.7. The van der Waals surface area contributed by atoms with Crippen LogP contribution in [0.5, 0.6) is 5.75 Å². The van der Waals surface area contributed by atoms with Crippen molar-refractivity contribution < 1.29 is 4.74 Å². The molecule has 19 heavy (non-hydrogen) atoms. The predicted octanol–water partition coefficient (Wildman–Crippen LogP) is 3.22. The molecule has 5 heteroatoms. The summed E-state index contributed by atoms with van der Waals surface area (Å²) < 4.78 is 5.17. The lowest BCUT2D eigenvalue weighted by molar-refractivity contribution is 0.415. The molecule has 100 valence electrons. The van der Waals surface area contributed by atoms with Gasteiger partial charge in [-0.1, -0.05) is 31.5 Å². The van der Waals surface area contributed by atoms with Gasteiger partial charge in [-0.2, -0.15) is 0 Å². The zero-order valence-electron chi connectivity index (χ0n) is 11.0. The summed E-state index contributed by atoms with van der Waals surface area (Å²) >= 11 is 5.98. The molecule has 0 aliphatic rings. The number of nitrogens with zero attached hydrogens (tertiary/aromatic N) is 1. The minimum Gasteiger partial charge on any atom is -0.495 e. The number of ether oxygens (including phenoxy) is 1. The van der Waals surface area contributed by atoms with Crippen LogP contribution >= 0.6 is 11.6 Å². The van der Waals surface area contributed by atoms with Crippen molar-refractivity contribution in [3.63, 3.8) is 0 Å². The number of aromatic amines is 1. The van der Waals surface area contributed by atoms with Crippen LogP contribution in [0.15, 0.2) is 29.1 Å². The molecule has 0 bridgehead atoms. The first-order valence-electron chi connectivity index (χ1n) is 5.96. The summed E-state index contributed by atoms with van der Waals surface area (Å²) in [5, 5.41) is 0.528. The summed E-state index contributed by atoms with van der Waals surface area (Å²) in [7, 11) is 1.55. The van der Waals surface area contributed by atoms with E-state index in [1.54, 1.807) is 19.2 Å². The molecule has 1 aromatic carbocycles. The van der Waals surface area contributed by atoms with Crippen LogP contribution in [0.4, 0.5) is 0 Å². The second-order valence-electron chi connectivity index (χ2n) is 4.52. The summed E-state index contributed by atoms with van der Waals surface area (Å²) in [5.74, 6) is 1.38. The van der Waals surface area contributed by atoms with Crippen LogP contribution in [0.3, 0.4) is 0 Å². The fraction of sp³-hybridized carbons (Fsp3) is 0.286. The quantitative estimate of drug-likeness (QED) is 0.938. The number of nitrogens with one attached hydrogen (secondary N) is 1. The third kappa shape index (κ3) is 2.96. The molecule has 1 aromatic heterocycles. The van der Waals surface area contributed by atoms with Gasteiger partial charge in [-0.15, -0.1) is 0 Å². The molecule has 0 atom stereocenters. The molecule has 1 N–H and O–H groups in total. The van der Waals surface area contributed by atoms with Gasteiger partial charge < -0.3 is 9.72 Å². The third-order valence-electron chi connectivity index (χ3n) is 2.75. The van der Waals surface area contributed by atoms with Gasteiger partial charge in [0.1, 0.15) is 11.6 Å². The Morgan fingerprint density at radius 3 is 2.68 bits per heavy atom. The van der Waals surface area contributed by atoms with E-state index in [1.165, 1.54) is 6.07 Å². The van der Waals surface area contributed by atoms with Crippen molar-refractivity contribution in [2.24, 2.45) is 0 Å². The van der Waals surface area contributed by atoms with E-state index in [-0.39, 0.29) is 11.5 Å². The van der Waals surface area contributed by atoms with Crippen LogP contribution < -0.4 is 10.3 Å². The van der Waals surface area contributed by atoms with E-state index in [4.69, 9.17) is 16.3 Å². The highest BCUT2D eigenvalue weighted by Gasteiger charge is 2.09. The Bertz CT molecular complexity index is 650. The number of H-pyrrole nitrogens is 1. The maximum atomic E-state index is 11.7. The third-order valence-corrected chi connectivity index (χ3v) is 3.07. The highest BCUT2D eigenvalue weighted by atomic mass is 35.5. The van der Waals surface area contributed by atoms with E-state index in [9.17, 15) is 4.79 Å². The first-order valence-corrected chi connectivity index (χ1v) is 6.34. The summed E-state index contributed by atoms with van der Waals surface area (Å²) in [6, 6.07) is 6.78. The average molecular weight is 279 g/mol. The van der Waals surface area contributed by atoms with E-state index in [0.29, 0.717) is 22.3 Å². The van der Waals surface area contributed by atoms with Crippen molar-refractivity contribution >= 4 is 11.6 Å². The Morgan fingerprint density at radius 2 is 2.05 bits per heavy atom. The van der Waals surface area contributed by atoms with Crippen LogP contribution in [0.2, 0.25) is 5.02 Å². The molecule has 0 aliphatic heterocycles. The average Bonchev–Trinajstić information content (AvgIpc) is 2.38. The van der Waals surface area contributed by atoms with E-state index in [2.05, 4.69) is 9.97 Å². The summed E-state index contributed by atoms with van der Waals surface area (Å²) in [6.45, 7) is 3.95. The number of rotatable bonds is 3. The normalized spacial score (nSPS) is 10.8. The molecule has 0 unspecified atom stereocenters. The molecule has 0 saturated heterocycles. The molecular formula is C14H15ClN2O2. The number of halogens is 1. The zero-order valence-corrected chi connectivity index (χ0v) is 11.8. The molecule has 0 fully saturated rings. The highest BCUT2D eigenvalue weighted by Crippen LogP contribution is 2.29. The SMILES string of the molecule is COc1cc(-c2cc(=O)[nH]c(C(C)C)n2)ccc1Cl. The summed E-state index contributed by atoms with van der Waals surface area (Å²) in [5.41, 5.74) is 1.25. The Labute approximate surface area is 116 Å². The van der Waals surface area contributed by atoms with E-state index in [0.717, 1.165) is 5.56 Å². The summed E-state index contributed by atoms with van der Waals surface area (Å²) in [4.78, 5) is 18.8. The van der Waals surface area contributed by atoms with Crippen LogP contribution in [-0.2, 0) is 0 Å². The molecular weight excluding hydrogens is 264 g/mol. The second kappa shape index (κ2) is 5.45. The lowest BCUT2D eigenvalue weighted by Gasteiger charge is -2.09. The molecule has 1 heterocycles. The van der Waals surface area contributed by atoms with Crippen molar-refractivity contribution in [1.29, 1.82) is 0 Å². The van der Waals surface area contributed by atoms with E-state index < -0.39 is 0 Å². The lowest BCUT2D eigenvalue weighted by atomic mass is 10.1. The van der Waals surface area contributed by atoms with Gasteiger partial charge in [-0.05, 0) is 12.1 Å². The second-order valence-corrected chi connectivity index (χ2v) is 4.93. The predicted molar refractivity (Wildman–Crippen MR) is 75.9 cm³/mol. The van der Waals surface area contributed by atoms with Gasteiger partial charge in [0.15, 0.2) is 0 Å². The molecule has 0 saturated carbocycles. The maximum Gasteiger partial charge on any atom is 0.251 e. The Balaban J connectivity index is 2.55. The van der Waals surface area contributed by atoms with Gasteiger partial charge in [-0.3, -0.25) is 4.79 Å². The van der Waals surface area contributed by atoms with Crippen LogP contribution in [0, 0.1) is 0 Å². The van der Waals surface area contributed by atoms with Gasteiger partial charge >= 0.3 is 0 Å². The van der Waals surface area contributed by atoms with E-state index in [1.807, 2.05) is 19.9 Å². The number of hydrogen-bond acceptors (Lipinski definition) is 3. The first kappa shape index (κ1) is 13.6. The lowest BCUT2D eigenvalue weighted by Crippen LogP contribution is -2.12. The van der Waals surface area contributed by atoms with Gasteiger partial charge in [0, 0.05) is 17.5 Å². The van der Waals surface area contributed by atoms with Crippen LogP contribution in [0.25, 0.3) is 11.3 Å². The minimum atomic E-state index is -0.164. The molecule has 0 radical (unpaired) electrons. The molecule has 0 aliphatic carbocycles. The van der Waals surface area contributed by atoms with Crippen molar-refractivity contribution in [1.82, 2.24) is 9.97 Å². The standard InChI is InChI=1S/C14H15ClN2O2/c1-8(2)14-16-11(7-13(18)17-14)9-4-5-10(15)12(6-9)19-3/h4-8H,1-3H3,(H,16,17,18). The fourth-order valence-electron chi connectivity index (χ4n) is 1.72. The number of aromatic nitrogens is 2. The zero-order chi connectivity index (χ0) is 14.0. The molecule has 2 rings (SSSR count). The van der Waals surface area contributed by atoms with Crippen molar-refractivity contribution in [2.45, 2.75) is 19.8 Å². The molecule has 0 amide bonds. The Hall–Kier alpha value is -1.81. The van der Waals surface area contributed by atoms with Gasteiger partial charge in [-0.25, -0.2) is 4.98 Å². The number of methoxy groups -OCH3 is 1. The molecule has 2 aromatic rings. The molecule has 4 nitrogen and oxygen atoms in total. The van der Waals surface area contributed by atoms with Gasteiger partial charge in [0.05, 0.1) is 17.8 Å². The van der Waals surface area contributed by atoms with Crippen molar-refractivity contribution in [3.05, 3.63) is 45.5 Å². The number of benzene rings is 1. The van der Waals surface area contributed by atoms with Crippen molar-refractivity contribution in [3.8, 4) is 17.0 Å². The topological polar surface area (TPSA) is 55.0 Å². The first-order chi connectivity index (χ1) is 9.01. The molecule has 0 spiro atoms.